The lowest BCUT2D eigenvalue weighted by Crippen LogP contribution is -2.30. The first-order valence-corrected chi connectivity index (χ1v) is 14.0. The molecule has 5 aromatic rings. The highest BCUT2D eigenvalue weighted by molar-refractivity contribution is 5.98. The summed E-state index contributed by atoms with van der Waals surface area (Å²) in [7, 11) is 0. The van der Waals surface area contributed by atoms with Crippen LogP contribution in [0, 0.1) is 6.92 Å². The average Bonchev–Trinajstić information content (AvgIpc) is 3.35. The number of nitrogens with zero attached hydrogens (tertiary/aromatic N) is 2. The number of ether oxygens (including phenoxy) is 1. The Morgan fingerprint density at radius 1 is 0.905 bits per heavy atom. The molecule has 0 saturated heterocycles. The molecule has 42 heavy (non-hydrogen) atoms. The monoisotopic (exact) mass is 571 g/mol. The summed E-state index contributed by atoms with van der Waals surface area (Å²) in [5, 5.41) is 1.99. The highest BCUT2D eigenvalue weighted by atomic mass is 19.4. The number of rotatable bonds is 10. The highest BCUT2D eigenvalue weighted by Gasteiger charge is 2.39. The molecule has 1 N–H and O–H groups in total. The number of alkyl halides is 3. The third-order valence-corrected chi connectivity index (χ3v) is 7.17. The van der Waals surface area contributed by atoms with E-state index in [1.807, 2.05) is 79.0 Å². The van der Waals surface area contributed by atoms with Crippen LogP contribution >= 0.6 is 0 Å². The highest BCUT2D eigenvalue weighted by Crippen LogP contribution is 2.33. The molecule has 1 amide bonds. The number of hydrogen-bond donors (Lipinski definition) is 1. The Hall–Kier alpha value is -4.59. The van der Waals surface area contributed by atoms with Gasteiger partial charge in [-0.15, -0.1) is 0 Å². The largest absolute Gasteiger partial charge is 0.487 e. The van der Waals surface area contributed by atoms with Crippen molar-refractivity contribution in [2.24, 2.45) is 0 Å². The number of carbonyl (C=O) groups is 1. The SMILES string of the molecule is CCCCc1nc2c(C)ccc(OCc3ccccc3)c2n1Cc1ccc(-c2ccccc2NC(=O)C(F)(F)F)cc1. The summed E-state index contributed by atoms with van der Waals surface area (Å²) < 4.78 is 47.2. The molecule has 0 spiro atoms. The molecule has 216 valence electrons. The van der Waals surface area contributed by atoms with Crippen LogP contribution in [0.25, 0.3) is 22.2 Å². The van der Waals surface area contributed by atoms with Gasteiger partial charge >= 0.3 is 12.1 Å². The van der Waals surface area contributed by atoms with Crippen LogP contribution < -0.4 is 10.1 Å². The van der Waals surface area contributed by atoms with Crippen molar-refractivity contribution in [1.82, 2.24) is 9.55 Å². The summed E-state index contributed by atoms with van der Waals surface area (Å²) in [5.41, 5.74) is 6.31. The number of aryl methyl sites for hydroxylation is 2. The molecule has 0 aliphatic heterocycles. The van der Waals surface area contributed by atoms with E-state index in [-0.39, 0.29) is 5.69 Å². The second-order valence-corrected chi connectivity index (χ2v) is 10.3. The van der Waals surface area contributed by atoms with Crippen molar-refractivity contribution in [2.45, 2.75) is 52.4 Å². The molecule has 1 aromatic heterocycles. The first-order chi connectivity index (χ1) is 20.2. The molecule has 0 fully saturated rings. The smallest absolute Gasteiger partial charge is 0.471 e. The molecule has 0 saturated carbocycles. The van der Waals surface area contributed by atoms with E-state index in [0.29, 0.717) is 24.3 Å². The Labute approximate surface area is 243 Å². The number of halogens is 3. The fourth-order valence-corrected chi connectivity index (χ4v) is 4.94. The summed E-state index contributed by atoms with van der Waals surface area (Å²) >= 11 is 0. The number of fused-ring (bicyclic) bond motifs is 1. The molecule has 1 heterocycles. The lowest BCUT2D eigenvalue weighted by Gasteiger charge is -2.15. The topological polar surface area (TPSA) is 56.1 Å². The maximum Gasteiger partial charge on any atom is 0.471 e. The van der Waals surface area contributed by atoms with Gasteiger partial charge in [-0.3, -0.25) is 4.79 Å². The Morgan fingerprint density at radius 3 is 2.33 bits per heavy atom. The van der Waals surface area contributed by atoms with Crippen LogP contribution in [0.4, 0.5) is 18.9 Å². The van der Waals surface area contributed by atoms with Gasteiger partial charge in [-0.25, -0.2) is 4.98 Å². The molecule has 0 atom stereocenters. The molecule has 8 heteroatoms. The Balaban J connectivity index is 1.47. The normalized spacial score (nSPS) is 11.5. The third kappa shape index (κ3) is 6.48. The van der Waals surface area contributed by atoms with Gasteiger partial charge in [-0.1, -0.05) is 92.2 Å². The second-order valence-electron chi connectivity index (χ2n) is 10.3. The van der Waals surface area contributed by atoms with Crippen LogP contribution in [-0.4, -0.2) is 21.6 Å². The zero-order valence-corrected chi connectivity index (χ0v) is 23.5. The first kappa shape index (κ1) is 28.9. The number of hydrogen-bond acceptors (Lipinski definition) is 3. The van der Waals surface area contributed by atoms with Crippen molar-refractivity contribution in [3.8, 4) is 16.9 Å². The molecular formula is C34H32F3N3O2. The van der Waals surface area contributed by atoms with Crippen LogP contribution in [0.2, 0.25) is 0 Å². The minimum atomic E-state index is -4.97. The Bertz CT molecular complexity index is 1680. The van der Waals surface area contributed by atoms with Crippen molar-refractivity contribution >= 4 is 22.6 Å². The van der Waals surface area contributed by atoms with E-state index >= 15 is 0 Å². The number of benzene rings is 4. The summed E-state index contributed by atoms with van der Waals surface area (Å²) in [6.45, 7) is 5.19. The summed E-state index contributed by atoms with van der Waals surface area (Å²) in [6.07, 6.45) is -2.10. The molecule has 4 aromatic carbocycles. The fourth-order valence-electron chi connectivity index (χ4n) is 4.94. The van der Waals surface area contributed by atoms with Gasteiger partial charge in [-0.05, 0) is 47.7 Å². The van der Waals surface area contributed by atoms with Crippen LogP contribution in [0.15, 0.2) is 91.0 Å². The first-order valence-electron chi connectivity index (χ1n) is 14.0. The lowest BCUT2D eigenvalue weighted by atomic mass is 10.0. The number of amides is 1. The number of para-hydroxylation sites is 1. The quantitative estimate of drug-likeness (QED) is 0.183. The number of nitrogens with one attached hydrogen (secondary N) is 1. The zero-order chi connectivity index (χ0) is 29.7. The molecule has 0 aliphatic rings. The van der Waals surface area contributed by atoms with Gasteiger partial charge in [0.2, 0.25) is 0 Å². The van der Waals surface area contributed by atoms with Crippen molar-refractivity contribution in [2.75, 3.05) is 5.32 Å². The van der Waals surface area contributed by atoms with Gasteiger partial charge in [0.1, 0.15) is 23.7 Å². The minimum Gasteiger partial charge on any atom is -0.487 e. The maximum atomic E-state index is 12.9. The number of aromatic nitrogens is 2. The van der Waals surface area contributed by atoms with E-state index in [9.17, 15) is 18.0 Å². The number of anilines is 1. The minimum absolute atomic E-state index is 0.103. The van der Waals surface area contributed by atoms with Crippen molar-refractivity contribution in [3.05, 3.63) is 114 Å². The predicted octanol–water partition coefficient (Wildman–Crippen LogP) is 8.48. The molecule has 0 bridgehead atoms. The zero-order valence-electron chi connectivity index (χ0n) is 23.5. The molecule has 5 rings (SSSR count). The van der Waals surface area contributed by atoms with E-state index in [1.165, 1.54) is 6.07 Å². The number of unbranched alkanes of at least 4 members (excludes halogenated alkanes) is 1. The average molecular weight is 572 g/mol. The summed E-state index contributed by atoms with van der Waals surface area (Å²) in [5.74, 6) is -0.255. The van der Waals surface area contributed by atoms with Gasteiger partial charge < -0.3 is 14.6 Å². The molecule has 5 nitrogen and oxygen atoms in total. The third-order valence-electron chi connectivity index (χ3n) is 7.17. The van der Waals surface area contributed by atoms with Crippen molar-refractivity contribution in [3.63, 3.8) is 0 Å². The lowest BCUT2D eigenvalue weighted by molar-refractivity contribution is -0.167. The predicted molar refractivity (Wildman–Crippen MR) is 160 cm³/mol. The van der Waals surface area contributed by atoms with E-state index in [1.54, 1.807) is 18.2 Å². The van der Waals surface area contributed by atoms with Gasteiger partial charge in [0.05, 0.1) is 5.52 Å². The van der Waals surface area contributed by atoms with Gasteiger partial charge in [-0.2, -0.15) is 13.2 Å². The van der Waals surface area contributed by atoms with Crippen LogP contribution in [0.3, 0.4) is 0 Å². The number of imidazole rings is 1. The van der Waals surface area contributed by atoms with Crippen LogP contribution in [0.1, 0.15) is 42.3 Å². The van der Waals surface area contributed by atoms with Gasteiger partial charge in [0, 0.05) is 24.2 Å². The molecule has 0 aliphatic carbocycles. The molecule has 0 radical (unpaired) electrons. The molecule has 0 unspecified atom stereocenters. The van der Waals surface area contributed by atoms with Crippen molar-refractivity contribution in [1.29, 1.82) is 0 Å². The van der Waals surface area contributed by atoms with Crippen molar-refractivity contribution < 1.29 is 22.7 Å². The van der Waals surface area contributed by atoms with Gasteiger partial charge in [0.25, 0.3) is 0 Å². The van der Waals surface area contributed by atoms with Crippen LogP contribution in [0.5, 0.6) is 5.75 Å². The second kappa shape index (κ2) is 12.5. The maximum absolute atomic E-state index is 12.9. The van der Waals surface area contributed by atoms with E-state index < -0.39 is 12.1 Å². The van der Waals surface area contributed by atoms with E-state index in [0.717, 1.165) is 58.6 Å². The molecular weight excluding hydrogens is 539 g/mol. The van der Waals surface area contributed by atoms with E-state index in [4.69, 9.17) is 9.72 Å². The van der Waals surface area contributed by atoms with E-state index in [2.05, 4.69) is 11.5 Å². The summed E-state index contributed by atoms with van der Waals surface area (Å²) in [4.78, 5) is 16.6. The van der Waals surface area contributed by atoms with Crippen LogP contribution in [-0.2, 0) is 24.4 Å². The standard InChI is InChI=1S/C34H32F3N3O2/c1-3-4-14-30-39-31-23(2)15-20-29(42-22-25-10-6-5-7-11-25)32(31)40(30)21-24-16-18-26(19-17-24)27-12-8-9-13-28(27)38-33(41)34(35,36)37/h5-13,15-20H,3-4,14,21-22H2,1-2H3,(H,38,41). The summed E-state index contributed by atoms with van der Waals surface area (Å²) in [6, 6.07) is 28.1. The fraction of sp³-hybridized carbons (Fsp3) is 0.235. The Kier molecular flexibility index (Phi) is 8.61. The Morgan fingerprint density at radius 2 is 1.62 bits per heavy atom. The van der Waals surface area contributed by atoms with Gasteiger partial charge in [0.15, 0.2) is 0 Å². The number of carbonyl (C=O) groups excluding carboxylic acids is 1.